The predicted molar refractivity (Wildman–Crippen MR) is 100 cm³/mol. The standard InChI is InChI=1S/C19H20F2N2O4S/c20-19(21)27-17-7-3-2-6-16(17)18(24)22-14-8-10-15(11-9-14)28(25,26)23-12-4-1-5-13-23/h2-3,6-11,19H,1,4-5,12-13H2,(H,22,24). The number of anilines is 1. The van der Waals surface area contributed by atoms with E-state index < -0.39 is 22.5 Å². The van der Waals surface area contributed by atoms with E-state index in [0.29, 0.717) is 18.8 Å². The maximum atomic E-state index is 12.6. The summed E-state index contributed by atoms with van der Waals surface area (Å²) in [4.78, 5) is 12.5. The summed E-state index contributed by atoms with van der Waals surface area (Å²) in [7, 11) is -3.56. The molecule has 3 rings (SSSR count). The smallest absolute Gasteiger partial charge is 0.387 e. The van der Waals surface area contributed by atoms with Crippen LogP contribution in [0.2, 0.25) is 0 Å². The third kappa shape index (κ3) is 4.66. The first-order valence-corrected chi connectivity index (χ1v) is 10.3. The average Bonchev–Trinajstić information content (AvgIpc) is 2.69. The number of sulfonamides is 1. The van der Waals surface area contributed by atoms with Crippen LogP contribution in [0, 0.1) is 0 Å². The van der Waals surface area contributed by atoms with Crippen LogP contribution in [0.25, 0.3) is 0 Å². The van der Waals surface area contributed by atoms with Gasteiger partial charge in [0.2, 0.25) is 10.0 Å². The molecule has 150 valence electrons. The van der Waals surface area contributed by atoms with Gasteiger partial charge in [-0.25, -0.2) is 8.42 Å². The Morgan fingerprint density at radius 2 is 1.64 bits per heavy atom. The highest BCUT2D eigenvalue weighted by Crippen LogP contribution is 2.24. The molecule has 0 aromatic heterocycles. The quantitative estimate of drug-likeness (QED) is 0.788. The van der Waals surface area contributed by atoms with E-state index in [-0.39, 0.29) is 16.2 Å². The van der Waals surface area contributed by atoms with Gasteiger partial charge in [-0.2, -0.15) is 13.1 Å². The third-order valence-corrected chi connectivity index (χ3v) is 6.33. The van der Waals surface area contributed by atoms with Crippen molar-refractivity contribution in [2.75, 3.05) is 18.4 Å². The van der Waals surface area contributed by atoms with E-state index in [9.17, 15) is 22.0 Å². The first-order valence-electron chi connectivity index (χ1n) is 8.83. The summed E-state index contributed by atoms with van der Waals surface area (Å²) >= 11 is 0. The van der Waals surface area contributed by atoms with Gasteiger partial charge in [-0.3, -0.25) is 4.79 Å². The van der Waals surface area contributed by atoms with Gasteiger partial charge in [-0.15, -0.1) is 0 Å². The highest BCUT2D eigenvalue weighted by molar-refractivity contribution is 7.89. The van der Waals surface area contributed by atoms with Crippen LogP contribution in [0.5, 0.6) is 5.75 Å². The molecule has 0 saturated carbocycles. The first-order chi connectivity index (χ1) is 13.4. The Morgan fingerprint density at radius 3 is 2.29 bits per heavy atom. The molecule has 1 aliphatic heterocycles. The van der Waals surface area contributed by atoms with Gasteiger partial charge in [0, 0.05) is 18.8 Å². The molecule has 2 aromatic rings. The summed E-state index contributed by atoms with van der Waals surface area (Å²) in [6.45, 7) is -2.04. The number of carbonyl (C=O) groups excluding carboxylic acids is 1. The lowest BCUT2D eigenvalue weighted by molar-refractivity contribution is -0.0501. The van der Waals surface area contributed by atoms with E-state index in [1.807, 2.05) is 0 Å². The van der Waals surface area contributed by atoms with E-state index in [0.717, 1.165) is 19.3 Å². The number of carbonyl (C=O) groups is 1. The van der Waals surface area contributed by atoms with Gasteiger partial charge in [0.1, 0.15) is 5.75 Å². The molecule has 1 heterocycles. The number of alkyl halides is 2. The monoisotopic (exact) mass is 410 g/mol. The van der Waals surface area contributed by atoms with Crippen LogP contribution < -0.4 is 10.1 Å². The molecule has 1 aliphatic rings. The van der Waals surface area contributed by atoms with Gasteiger partial charge in [0.15, 0.2) is 0 Å². The van der Waals surface area contributed by atoms with Crippen LogP contribution in [0.15, 0.2) is 53.4 Å². The van der Waals surface area contributed by atoms with E-state index in [4.69, 9.17) is 0 Å². The summed E-state index contributed by atoms with van der Waals surface area (Å²) in [6, 6.07) is 11.4. The lowest BCUT2D eigenvalue weighted by atomic mass is 10.2. The first kappa shape index (κ1) is 20.2. The van der Waals surface area contributed by atoms with E-state index in [1.54, 1.807) is 0 Å². The molecule has 2 aromatic carbocycles. The van der Waals surface area contributed by atoms with Crippen molar-refractivity contribution < 1.29 is 26.7 Å². The molecular weight excluding hydrogens is 390 g/mol. The molecule has 0 spiro atoms. The van der Waals surface area contributed by atoms with Crippen LogP contribution >= 0.6 is 0 Å². The molecule has 6 nitrogen and oxygen atoms in total. The molecular formula is C19H20F2N2O4S. The van der Waals surface area contributed by atoms with Crippen molar-refractivity contribution in [1.82, 2.24) is 4.31 Å². The van der Waals surface area contributed by atoms with Gasteiger partial charge < -0.3 is 10.1 Å². The second-order valence-corrected chi connectivity index (χ2v) is 8.26. The molecule has 1 fully saturated rings. The fourth-order valence-electron chi connectivity index (χ4n) is 3.02. The number of hydrogen-bond donors (Lipinski definition) is 1. The van der Waals surface area contributed by atoms with Crippen molar-refractivity contribution in [2.45, 2.75) is 30.8 Å². The minimum atomic E-state index is -3.56. The van der Waals surface area contributed by atoms with E-state index in [1.165, 1.54) is 52.8 Å². The van der Waals surface area contributed by atoms with Crippen molar-refractivity contribution in [3.8, 4) is 5.75 Å². The number of benzene rings is 2. The van der Waals surface area contributed by atoms with Gasteiger partial charge in [0.05, 0.1) is 10.5 Å². The van der Waals surface area contributed by atoms with Crippen molar-refractivity contribution in [3.05, 3.63) is 54.1 Å². The number of nitrogens with zero attached hydrogens (tertiary/aromatic N) is 1. The molecule has 0 bridgehead atoms. The Kier molecular flexibility index (Phi) is 6.25. The lowest BCUT2D eigenvalue weighted by Gasteiger charge is -2.25. The summed E-state index contributed by atoms with van der Waals surface area (Å²) in [5.74, 6) is -0.873. The van der Waals surface area contributed by atoms with Crippen LogP contribution in [0.1, 0.15) is 29.6 Å². The SMILES string of the molecule is O=C(Nc1ccc(S(=O)(=O)N2CCCCC2)cc1)c1ccccc1OC(F)F. The van der Waals surface area contributed by atoms with Crippen molar-refractivity contribution in [2.24, 2.45) is 0 Å². The molecule has 1 N–H and O–H groups in total. The number of amides is 1. The highest BCUT2D eigenvalue weighted by atomic mass is 32.2. The topological polar surface area (TPSA) is 75.7 Å². The van der Waals surface area contributed by atoms with Gasteiger partial charge in [0.25, 0.3) is 5.91 Å². The van der Waals surface area contributed by atoms with Crippen LogP contribution in [-0.4, -0.2) is 38.3 Å². The number of para-hydroxylation sites is 1. The third-order valence-electron chi connectivity index (χ3n) is 4.41. The average molecular weight is 410 g/mol. The van der Waals surface area contributed by atoms with E-state index in [2.05, 4.69) is 10.1 Å². The molecule has 1 amide bonds. The van der Waals surface area contributed by atoms with Crippen molar-refractivity contribution in [1.29, 1.82) is 0 Å². The Balaban J connectivity index is 1.73. The minimum absolute atomic E-state index is 0.0483. The largest absolute Gasteiger partial charge is 0.434 e. The van der Waals surface area contributed by atoms with Gasteiger partial charge >= 0.3 is 6.61 Å². The molecule has 0 radical (unpaired) electrons. The fourth-order valence-corrected chi connectivity index (χ4v) is 4.53. The number of halogens is 2. The zero-order valence-electron chi connectivity index (χ0n) is 15.0. The molecule has 28 heavy (non-hydrogen) atoms. The molecule has 9 heteroatoms. The Morgan fingerprint density at radius 1 is 1.00 bits per heavy atom. The van der Waals surface area contributed by atoms with Crippen molar-refractivity contribution >= 4 is 21.6 Å². The van der Waals surface area contributed by atoms with E-state index >= 15 is 0 Å². The van der Waals surface area contributed by atoms with Crippen LogP contribution in [0.4, 0.5) is 14.5 Å². The number of nitrogens with one attached hydrogen (secondary N) is 1. The molecule has 1 saturated heterocycles. The number of hydrogen-bond acceptors (Lipinski definition) is 4. The number of rotatable bonds is 6. The molecule has 0 atom stereocenters. The summed E-state index contributed by atoms with van der Waals surface area (Å²) in [5.41, 5.74) is 0.294. The molecule has 0 aliphatic carbocycles. The Labute approximate surface area is 162 Å². The van der Waals surface area contributed by atoms with Crippen LogP contribution in [-0.2, 0) is 10.0 Å². The zero-order chi connectivity index (χ0) is 20.1. The Bertz CT molecular complexity index is 927. The van der Waals surface area contributed by atoms with Gasteiger partial charge in [-0.05, 0) is 49.2 Å². The second kappa shape index (κ2) is 8.66. The predicted octanol–water partition coefficient (Wildman–Crippen LogP) is 3.71. The maximum Gasteiger partial charge on any atom is 0.387 e. The zero-order valence-corrected chi connectivity index (χ0v) is 15.8. The second-order valence-electron chi connectivity index (χ2n) is 6.32. The van der Waals surface area contributed by atoms with Crippen molar-refractivity contribution in [3.63, 3.8) is 0 Å². The van der Waals surface area contributed by atoms with Crippen LogP contribution in [0.3, 0.4) is 0 Å². The number of ether oxygens (including phenoxy) is 1. The normalized spacial score (nSPS) is 15.4. The van der Waals surface area contributed by atoms with Gasteiger partial charge in [-0.1, -0.05) is 18.6 Å². The molecule has 0 unspecified atom stereocenters. The highest BCUT2D eigenvalue weighted by Gasteiger charge is 2.25. The maximum absolute atomic E-state index is 12.6. The number of piperidine rings is 1. The summed E-state index contributed by atoms with van der Waals surface area (Å²) < 4.78 is 56.1. The summed E-state index contributed by atoms with van der Waals surface area (Å²) in [6.07, 6.45) is 2.70. The minimum Gasteiger partial charge on any atom is -0.434 e. The summed E-state index contributed by atoms with van der Waals surface area (Å²) in [5, 5.41) is 2.56. The lowest BCUT2D eigenvalue weighted by Crippen LogP contribution is -2.35. The fraction of sp³-hybridized carbons (Fsp3) is 0.316. The Hall–Kier alpha value is -2.52.